The standard InChI is InChI=1S/C13H17N5O/c1-18(13-8-15-7-12(16-13)17-14)9-10-3-5-11(19-2)6-4-10/h3-8H,9,14H2,1-2H3,(H,16,17). The lowest BCUT2D eigenvalue weighted by Crippen LogP contribution is -2.19. The molecule has 0 saturated heterocycles. The van der Waals surface area contributed by atoms with E-state index in [1.54, 1.807) is 19.5 Å². The average Bonchev–Trinajstić information content (AvgIpc) is 2.48. The van der Waals surface area contributed by atoms with E-state index in [-0.39, 0.29) is 0 Å². The van der Waals surface area contributed by atoms with Crippen LogP contribution in [0, 0.1) is 0 Å². The second-order valence-electron chi connectivity index (χ2n) is 4.11. The third kappa shape index (κ3) is 3.32. The number of nitrogen functional groups attached to an aromatic ring is 1. The number of hydrogen-bond acceptors (Lipinski definition) is 6. The van der Waals surface area contributed by atoms with Crippen molar-refractivity contribution in [1.29, 1.82) is 0 Å². The fourth-order valence-electron chi connectivity index (χ4n) is 1.69. The molecule has 2 aromatic rings. The predicted molar refractivity (Wildman–Crippen MR) is 74.9 cm³/mol. The second kappa shape index (κ2) is 6.01. The van der Waals surface area contributed by atoms with Gasteiger partial charge in [-0.1, -0.05) is 12.1 Å². The van der Waals surface area contributed by atoms with Crippen LogP contribution in [-0.2, 0) is 6.54 Å². The number of nitrogens with one attached hydrogen (secondary N) is 1. The van der Waals surface area contributed by atoms with Crippen LogP contribution in [0.2, 0.25) is 0 Å². The SMILES string of the molecule is COc1ccc(CN(C)c2cncc(NN)n2)cc1. The molecule has 1 aromatic carbocycles. The van der Waals surface area contributed by atoms with Crippen LogP contribution in [-0.4, -0.2) is 24.1 Å². The monoisotopic (exact) mass is 259 g/mol. The maximum atomic E-state index is 5.32. The summed E-state index contributed by atoms with van der Waals surface area (Å²) in [6, 6.07) is 7.92. The Morgan fingerprint density at radius 2 is 2.00 bits per heavy atom. The van der Waals surface area contributed by atoms with Gasteiger partial charge in [0, 0.05) is 13.6 Å². The van der Waals surface area contributed by atoms with Crippen molar-refractivity contribution in [2.45, 2.75) is 6.54 Å². The van der Waals surface area contributed by atoms with Crippen LogP contribution in [0.4, 0.5) is 11.6 Å². The van der Waals surface area contributed by atoms with Crippen molar-refractivity contribution in [2.24, 2.45) is 5.84 Å². The van der Waals surface area contributed by atoms with Crippen molar-refractivity contribution in [3.63, 3.8) is 0 Å². The number of rotatable bonds is 5. The van der Waals surface area contributed by atoms with Crippen molar-refractivity contribution >= 4 is 11.6 Å². The number of ether oxygens (including phenoxy) is 1. The summed E-state index contributed by atoms with van der Waals surface area (Å²) in [5.41, 5.74) is 3.65. The fourth-order valence-corrected chi connectivity index (χ4v) is 1.69. The van der Waals surface area contributed by atoms with E-state index in [0.717, 1.165) is 23.7 Å². The molecule has 0 aliphatic heterocycles. The molecule has 100 valence electrons. The van der Waals surface area contributed by atoms with E-state index < -0.39 is 0 Å². The molecule has 0 aliphatic carbocycles. The van der Waals surface area contributed by atoms with E-state index in [1.807, 2.05) is 36.2 Å². The van der Waals surface area contributed by atoms with Crippen LogP contribution in [0.25, 0.3) is 0 Å². The molecule has 6 nitrogen and oxygen atoms in total. The molecule has 0 saturated carbocycles. The quantitative estimate of drug-likeness (QED) is 0.624. The van der Waals surface area contributed by atoms with Gasteiger partial charge in [0.15, 0.2) is 5.82 Å². The van der Waals surface area contributed by atoms with Crippen LogP contribution in [0.5, 0.6) is 5.75 Å². The molecule has 0 radical (unpaired) electrons. The van der Waals surface area contributed by atoms with Gasteiger partial charge in [-0.15, -0.1) is 0 Å². The molecular weight excluding hydrogens is 242 g/mol. The highest BCUT2D eigenvalue weighted by Gasteiger charge is 2.05. The highest BCUT2D eigenvalue weighted by atomic mass is 16.5. The molecule has 3 N–H and O–H groups in total. The Bertz CT molecular complexity index is 529. The van der Waals surface area contributed by atoms with Gasteiger partial charge < -0.3 is 15.1 Å². The fraction of sp³-hybridized carbons (Fsp3) is 0.231. The number of aromatic nitrogens is 2. The molecule has 0 spiro atoms. The third-order valence-electron chi connectivity index (χ3n) is 2.74. The third-order valence-corrected chi connectivity index (χ3v) is 2.74. The van der Waals surface area contributed by atoms with Crippen LogP contribution < -0.4 is 20.9 Å². The first-order chi connectivity index (χ1) is 9.22. The Morgan fingerprint density at radius 3 is 2.63 bits per heavy atom. The van der Waals surface area contributed by atoms with Gasteiger partial charge in [-0.3, -0.25) is 4.98 Å². The predicted octanol–water partition coefficient (Wildman–Crippen LogP) is 1.41. The zero-order chi connectivity index (χ0) is 13.7. The van der Waals surface area contributed by atoms with Gasteiger partial charge in [0.25, 0.3) is 0 Å². The van der Waals surface area contributed by atoms with E-state index in [9.17, 15) is 0 Å². The summed E-state index contributed by atoms with van der Waals surface area (Å²) in [5, 5.41) is 0. The normalized spacial score (nSPS) is 10.1. The van der Waals surface area contributed by atoms with Crippen molar-refractivity contribution < 1.29 is 4.74 Å². The Kier molecular flexibility index (Phi) is 4.15. The summed E-state index contributed by atoms with van der Waals surface area (Å²) >= 11 is 0. The Hall–Kier alpha value is -2.34. The summed E-state index contributed by atoms with van der Waals surface area (Å²) in [6.45, 7) is 0.729. The van der Waals surface area contributed by atoms with Crippen LogP contribution in [0.1, 0.15) is 5.56 Å². The molecule has 0 atom stereocenters. The molecule has 6 heteroatoms. The molecular formula is C13H17N5O. The highest BCUT2D eigenvalue weighted by Crippen LogP contribution is 2.16. The molecule has 0 aliphatic rings. The molecule has 1 heterocycles. The maximum absolute atomic E-state index is 5.32. The van der Waals surface area contributed by atoms with Crippen molar-refractivity contribution in [2.75, 3.05) is 24.5 Å². The minimum absolute atomic E-state index is 0.541. The van der Waals surface area contributed by atoms with Crippen LogP contribution >= 0.6 is 0 Å². The lowest BCUT2D eigenvalue weighted by molar-refractivity contribution is 0.414. The number of nitrogens with zero attached hydrogens (tertiary/aromatic N) is 3. The summed E-state index contributed by atoms with van der Waals surface area (Å²) < 4.78 is 5.13. The maximum Gasteiger partial charge on any atom is 0.160 e. The van der Waals surface area contributed by atoms with Gasteiger partial charge in [-0.05, 0) is 17.7 Å². The van der Waals surface area contributed by atoms with Crippen LogP contribution in [0.15, 0.2) is 36.7 Å². The summed E-state index contributed by atoms with van der Waals surface area (Å²) in [7, 11) is 3.61. The largest absolute Gasteiger partial charge is 0.497 e. The Morgan fingerprint density at radius 1 is 1.26 bits per heavy atom. The average molecular weight is 259 g/mol. The van der Waals surface area contributed by atoms with Crippen molar-refractivity contribution in [3.05, 3.63) is 42.2 Å². The van der Waals surface area contributed by atoms with E-state index >= 15 is 0 Å². The number of hydrazine groups is 1. The van der Waals surface area contributed by atoms with E-state index in [4.69, 9.17) is 10.6 Å². The Balaban J connectivity index is 2.08. The van der Waals surface area contributed by atoms with Crippen molar-refractivity contribution in [3.8, 4) is 5.75 Å². The lowest BCUT2D eigenvalue weighted by atomic mass is 10.2. The van der Waals surface area contributed by atoms with Gasteiger partial charge in [0.1, 0.15) is 11.6 Å². The number of anilines is 2. The van der Waals surface area contributed by atoms with Crippen LogP contribution in [0.3, 0.4) is 0 Å². The highest BCUT2D eigenvalue weighted by molar-refractivity contribution is 5.43. The van der Waals surface area contributed by atoms with Gasteiger partial charge in [0.05, 0.1) is 19.5 Å². The molecule has 1 aromatic heterocycles. The van der Waals surface area contributed by atoms with E-state index in [2.05, 4.69) is 15.4 Å². The molecule has 0 fully saturated rings. The second-order valence-corrected chi connectivity index (χ2v) is 4.11. The molecule has 2 rings (SSSR count). The zero-order valence-corrected chi connectivity index (χ0v) is 11.0. The Labute approximate surface area is 112 Å². The number of nitrogens with two attached hydrogens (primary N) is 1. The van der Waals surface area contributed by atoms with Gasteiger partial charge >= 0.3 is 0 Å². The summed E-state index contributed by atoms with van der Waals surface area (Å²) in [5.74, 6) is 7.46. The molecule has 0 unspecified atom stereocenters. The number of methoxy groups -OCH3 is 1. The lowest BCUT2D eigenvalue weighted by Gasteiger charge is -2.18. The van der Waals surface area contributed by atoms with E-state index in [1.165, 1.54) is 0 Å². The molecule has 0 bridgehead atoms. The topological polar surface area (TPSA) is 76.3 Å². The van der Waals surface area contributed by atoms with Crippen molar-refractivity contribution in [1.82, 2.24) is 9.97 Å². The van der Waals surface area contributed by atoms with E-state index in [0.29, 0.717) is 5.82 Å². The first-order valence-corrected chi connectivity index (χ1v) is 5.85. The van der Waals surface area contributed by atoms with Gasteiger partial charge in [-0.2, -0.15) is 0 Å². The number of benzene rings is 1. The molecule has 0 amide bonds. The number of hydrogen-bond donors (Lipinski definition) is 2. The minimum atomic E-state index is 0.541. The first-order valence-electron chi connectivity index (χ1n) is 5.85. The smallest absolute Gasteiger partial charge is 0.160 e. The first kappa shape index (κ1) is 13.1. The minimum Gasteiger partial charge on any atom is -0.497 e. The summed E-state index contributed by atoms with van der Waals surface area (Å²) in [6.07, 6.45) is 3.27. The summed E-state index contributed by atoms with van der Waals surface area (Å²) in [4.78, 5) is 10.4. The molecule has 19 heavy (non-hydrogen) atoms. The van der Waals surface area contributed by atoms with Gasteiger partial charge in [-0.25, -0.2) is 10.8 Å². The van der Waals surface area contributed by atoms with Gasteiger partial charge in [0.2, 0.25) is 0 Å². The zero-order valence-electron chi connectivity index (χ0n) is 11.0.